The first kappa shape index (κ1) is 13.1. The molecule has 0 aliphatic carbocycles. The second-order valence-corrected chi connectivity index (χ2v) is 6.86. The molecule has 0 saturated carbocycles. The minimum atomic E-state index is -0.149. The average molecular weight is 396 g/mol. The Kier molecular flexibility index (Phi) is 4.25. The molecule has 2 nitrogen and oxygen atoms in total. The van der Waals surface area contributed by atoms with Crippen molar-refractivity contribution in [1.29, 1.82) is 0 Å². The molecule has 0 radical (unpaired) electrons. The summed E-state index contributed by atoms with van der Waals surface area (Å²) in [5.74, 6) is -0.149. The van der Waals surface area contributed by atoms with E-state index in [-0.39, 0.29) is 5.91 Å². The molecule has 0 bridgehead atoms. The van der Waals surface area contributed by atoms with E-state index in [1.165, 1.54) is 11.3 Å². The van der Waals surface area contributed by atoms with E-state index in [1.54, 1.807) is 30.3 Å². The maximum atomic E-state index is 11.9. The van der Waals surface area contributed by atoms with Crippen LogP contribution in [0.5, 0.6) is 0 Å². The molecule has 0 unspecified atom stereocenters. The molecular weight excluding hydrogens is 389 g/mol. The van der Waals surface area contributed by atoms with Crippen LogP contribution in [0.4, 0.5) is 5.69 Å². The predicted molar refractivity (Wildman–Crippen MR) is 79.1 cm³/mol. The maximum absolute atomic E-state index is 11.9. The second-order valence-electron chi connectivity index (χ2n) is 3.20. The topological polar surface area (TPSA) is 29.1 Å². The van der Waals surface area contributed by atoms with Crippen LogP contribution in [0.2, 0.25) is 5.02 Å². The van der Waals surface area contributed by atoms with E-state index in [2.05, 4.69) is 37.2 Å². The number of anilines is 1. The van der Waals surface area contributed by atoms with Crippen LogP contribution in [0.25, 0.3) is 0 Å². The van der Waals surface area contributed by atoms with E-state index in [9.17, 15) is 4.79 Å². The number of halogens is 3. The standard InChI is InChI=1S/C11H6Br2ClNOS/c12-8-5-9(17-10(8)13)11(16)15-7-3-1-2-6(14)4-7/h1-5H,(H,15,16). The van der Waals surface area contributed by atoms with Gasteiger partial charge in [-0.2, -0.15) is 0 Å². The van der Waals surface area contributed by atoms with Crippen LogP contribution in [0.1, 0.15) is 9.67 Å². The molecule has 1 N–H and O–H groups in total. The molecule has 0 fully saturated rings. The van der Waals surface area contributed by atoms with Crippen molar-refractivity contribution in [2.24, 2.45) is 0 Å². The van der Waals surface area contributed by atoms with Gasteiger partial charge in [-0.3, -0.25) is 4.79 Å². The van der Waals surface area contributed by atoms with Gasteiger partial charge >= 0.3 is 0 Å². The molecule has 6 heteroatoms. The zero-order valence-corrected chi connectivity index (χ0v) is 13.1. The van der Waals surface area contributed by atoms with Crippen molar-refractivity contribution >= 4 is 66.4 Å². The number of rotatable bonds is 2. The van der Waals surface area contributed by atoms with Crippen molar-refractivity contribution < 1.29 is 4.79 Å². The number of carbonyl (C=O) groups excluding carboxylic acids is 1. The van der Waals surface area contributed by atoms with E-state index in [4.69, 9.17) is 11.6 Å². The third kappa shape index (κ3) is 3.31. The van der Waals surface area contributed by atoms with Gasteiger partial charge in [0.2, 0.25) is 0 Å². The minimum Gasteiger partial charge on any atom is -0.321 e. The Hall–Kier alpha value is -0.360. The molecule has 0 atom stereocenters. The Morgan fingerprint density at radius 3 is 2.65 bits per heavy atom. The largest absolute Gasteiger partial charge is 0.321 e. The van der Waals surface area contributed by atoms with Gasteiger partial charge < -0.3 is 5.32 Å². The highest BCUT2D eigenvalue weighted by molar-refractivity contribution is 9.13. The number of benzene rings is 1. The van der Waals surface area contributed by atoms with E-state index >= 15 is 0 Å². The van der Waals surface area contributed by atoms with E-state index in [1.807, 2.05) is 0 Å². The highest BCUT2D eigenvalue weighted by Gasteiger charge is 2.12. The van der Waals surface area contributed by atoms with Gasteiger partial charge in [0.05, 0.1) is 8.66 Å². The summed E-state index contributed by atoms with van der Waals surface area (Å²) in [4.78, 5) is 12.5. The fourth-order valence-corrected chi connectivity index (χ4v) is 3.34. The first-order valence-corrected chi connectivity index (χ1v) is 7.36. The first-order chi connectivity index (χ1) is 8.06. The summed E-state index contributed by atoms with van der Waals surface area (Å²) in [5.41, 5.74) is 0.683. The summed E-state index contributed by atoms with van der Waals surface area (Å²) in [6, 6.07) is 8.82. The SMILES string of the molecule is O=C(Nc1cccc(Cl)c1)c1cc(Br)c(Br)s1. The van der Waals surface area contributed by atoms with E-state index < -0.39 is 0 Å². The van der Waals surface area contributed by atoms with Crippen molar-refractivity contribution in [3.05, 3.63) is 48.5 Å². The molecule has 1 amide bonds. The van der Waals surface area contributed by atoms with Gasteiger partial charge in [0.1, 0.15) is 0 Å². The molecule has 2 rings (SSSR count). The summed E-state index contributed by atoms with van der Waals surface area (Å²) in [7, 11) is 0. The number of thiophene rings is 1. The van der Waals surface area contributed by atoms with Crippen molar-refractivity contribution in [2.75, 3.05) is 5.32 Å². The number of amides is 1. The number of hydrogen-bond donors (Lipinski definition) is 1. The first-order valence-electron chi connectivity index (χ1n) is 4.58. The summed E-state index contributed by atoms with van der Waals surface area (Å²) in [5, 5.41) is 3.38. The quantitative estimate of drug-likeness (QED) is 0.746. The van der Waals surface area contributed by atoms with E-state index in [0.717, 1.165) is 8.26 Å². The van der Waals surface area contributed by atoms with Crippen LogP contribution in [-0.4, -0.2) is 5.91 Å². The molecule has 1 heterocycles. The molecule has 2 aromatic rings. The Labute approximate surface area is 124 Å². The minimum absolute atomic E-state index is 0.149. The lowest BCUT2D eigenvalue weighted by Crippen LogP contribution is -2.09. The predicted octanol–water partition coefficient (Wildman–Crippen LogP) is 5.18. The molecular formula is C11H6Br2ClNOS. The summed E-state index contributed by atoms with van der Waals surface area (Å²) in [6.45, 7) is 0. The zero-order valence-electron chi connectivity index (χ0n) is 8.34. The fourth-order valence-electron chi connectivity index (χ4n) is 1.22. The molecule has 1 aromatic carbocycles. The number of carbonyl (C=O) groups is 1. The Balaban J connectivity index is 2.17. The van der Waals surface area contributed by atoms with Crippen LogP contribution in [-0.2, 0) is 0 Å². The molecule has 17 heavy (non-hydrogen) atoms. The third-order valence-electron chi connectivity index (χ3n) is 1.95. The zero-order chi connectivity index (χ0) is 12.4. The van der Waals surface area contributed by atoms with Crippen molar-refractivity contribution in [3.8, 4) is 0 Å². The third-order valence-corrected chi connectivity index (χ3v) is 5.44. The van der Waals surface area contributed by atoms with Crippen molar-refractivity contribution in [1.82, 2.24) is 0 Å². The fraction of sp³-hybridized carbons (Fsp3) is 0. The summed E-state index contributed by atoms with van der Waals surface area (Å²) >= 11 is 13.9. The van der Waals surface area contributed by atoms with Crippen LogP contribution >= 0.6 is 54.8 Å². The van der Waals surface area contributed by atoms with Gasteiger partial charge in [0, 0.05) is 15.2 Å². The molecule has 88 valence electrons. The Morgan fingerprint density at radius 1 is 1.29 bits per heavy atom. The monoisotopic (exact) mass is 393 g/mol. The molecule has 0 saturated heterocycles. The van der Waals surface area contributed by atoms with Gasteiger partial charge in [-0.1, -0.05) is 17.7 Å². The summed E-state index contributed by atoms with van der Waals surface area (Å²) in [6.07, 6.45) is 0. The molecule has 0 aliphatic rings. The molecule has 0 spiro atoms. The van der Waals surface area contributed by atoms with Crippen LogP contribution in [0.15, 0.2) is 38.6 Å². The number of nitrogens with one attached hydrogen (secondary N) is 1. The normalized spacial score (nSPS) is 10.3. The average Bonchev–Trinajstić information content (AvgIpc) is 2.59. The Morgan fingerprint density at radius 2 is 2.06 bits per heavy atom. The molecule has 1 aromatic heterocycles. The van der Waals surface area contributed by atoms with E-state index in [0.29, 0.717) is 15.6 Å². The van der Waals surface area contributed by atoms with Gasteiger partial charge in [0.25, 0.3) is 5.91 Å². The lowest BCUT2D eigenvalue weighted by molar-refractivity contribution is 0.103. The van der Waals surface area contributed by atoms with Crippen LogP contribution in [0, 0.1) is 0 Å². The van der Waals surface area contributed by atoms with Gasteiger partial charge in [-0.05, 0) is 56.1 Å². The highest BCUT2D eigenvalue weighted by Crippen LogP contribution is 2.32. The number of hydrogen-bond acceptors (Lipinski definition) is 2. The smallest absolute Gasteiger partial charge is 0.265 e. The second kappa shape index (κ2) is 5.52. The summed E-state index contributed by atoms with van der Waals surface area (Å²) < 4.78 is 1.77. The molecule has 0 aliphatic heterocycles. The lowest BCUT2D eigenvalue weighted by atomic mass is 10.3. The maximum Gasteiger partial charge on any atom is 0.265 e. The highest BCUT2D eigenvalue weighted by atomic mass is 79.9. The van der Waals surface area contributed by atoms with Gasteiger partial charge in [-0.15, -0.1) is 11.3 Å². The lowest BCUT2D eigenvalue weighted by Gasteiger charge is -2.03. The van der Waals surface area contributed by atoms with Crippen LogP contribution < -0.4 is 5.32 Å². The van der Waals surface area contributed by atoms with Crippen molar-refractivity contribution in [2.45, 2.75) is 0 Å². The Bertz CT molecular complexity index is 551. The van der Waals surface area contributed by atoms with Crippen molar-refractivity contribution in [3.63, 3.8) is 0 Å². The van der Waals surface area contributed by atoms with Crippen LogP contribution in [0.3, 0.4) is 0 Å². The van der Waals surface area contributed by atoms with Gasteiger partial charge in [0.15, 0.2) is 0 Å². The van der Waals surface area contributed by atoms with Gasteiger partial charge in [-0.25, -0.2) is 0 Å².